The van der Waals surface area contributed by atoms with Crippen LogP contribution in [0.1, 0.15) is 23.1 Å². The lowest BCUT2D eigenvalue weighted by Gasteiger charge is -2.32. The van der Waals surface area contributed by atoms with Crippen LogP contribution in [0.3, 0.4) is 0 Å². The minimum Gasteiger partial charge on any atom is -0.454 e. The van der Waals surface area contributed by atoms with Crippen LogP contribution in [-0.4, -0.2) is 50.8 Å². The van der Waals surface area contributed by atoms with Crippen molar-refractivity contribution in [1.82, 2.24) is 0 Å². The molecule has 1 atom stereocenters. The van der Waals surface area contributed by atoms with E-state index in [2.05, 4.69) is 12.1 Å². The van der Waals surface area contributed by atoms with Crippen molar-refractivity contribution in [1.29, 1.82) is 0 Å². The molecule has 0 saturated carbocycles. The van der Waals surface area contributed by atoms with Gasteiger partial charge in [0, 0.05) is 5.56 Å². The van der Waals surface area contributed by atoms with Gasteiger partial charge in [-0.05, 0) is 43.7 Å². The van der Waals surface area contributed by atoms with E-state index in [0.717, 1.165) is 61.0 Å². The number of benzene rings is 2. The van der Waals surface area contributed by atoms with Crippen LogP contribution < -0.4 is 24.2 Å². The molecular formula is C24H29N3O4+2. The number of aryl methyl sites for hydroxylation is 2. The van der Waals surface area contributed by atoms with Gasteiger partial charge in [0.25, 0.3) is 5.91 Å². The Balaban J connectivity index is 1.21. The number of hydrogen-bond donors (Lipinski definition) is 2. The smallest absolute Gasteiger partial charge is 0.292 e. The summed E-state index contributed by atoms with van der Waals surface area (Å²) in [6.45, 7) is 8.94. The van der Waals surface area contributed by atoms with E-state index in [1.165, 1.54) is 20.3 Å². The number of ether oxygens (including phenoxy) is 2. The third-order valence-corrected chi connectivity index (χ3v) is 6.72. The number of carbonyl (C=O) groups is 2. The molecule has 2 saturated heterocycles. The van der Waals surface area contributed by atoms with Crippen LogP contribution in [0, 0.1) is 13.8 Å². The van der Waals surface area contributed by atoms with Crippen LogP contribution in [0.5, 0.6) is 11.5 Å². The van der Waals surface area contributed by atoms with Crippen LogP contribution in [0.15, 0.2) is 36.4 Å². The Bertz CT molecular complexity index is 1030. The Morgan fingerprint density at radius 2 is 1.74 bits per heavy atom. The molecular weight excluding hydrogens is 394 g/mol. The molecule has 2 aromatic rings. The molecule has 3 aliphatic heterocycles. The molecule has 0 radical (unpaired) electrons. The van der Waals surface area contributed by atoms with Gasteiger partial charge in [-0.25, -0.2) is 4.90 Å². The monoisotopic (exact) mass is 423 g/mol. The number of nitrogens with one attached hydrogen (secondary N) is 2. The number of carbonyl (C=O) groups excluding carboxylic acids is 2. The second kappa shape index (κ2) is 7.98. The predicted molar refractivity (Wildman–Crippen MR) is 114 cm³/mol. The van der Waals surface area contributed by atoms with Crippen LogP contribution in [0.2, 0.25) is 0 Å². The largest absolute Gasteiger partial charge is 0.454 e. The number of piperazine rings is 1. The summed E-state index contributed by atoms with van der Waals surface area (Å²) >= 11 is 0. The lowest BCUT2D eigenvalue weighted by Crippen LogP contribution is -3.29. The van der Waals surface area contributed by atoms with E-state index in [4.69, 9.17) is 9.47 Å². The third kappa shape index (κ3) is 3.79. The highest BCUT2D eigenvalue weighted by Crippen LogP contribution is 2.32. The number of anilines is 1. The van der Waals surface area contributed by atoms with E-state index in [-0.39, 0.29) is 17.9 Å². The first kappa shape index (κ1) is 20.0. The highest BCUT2D eigenvalue weighted by atomic mass is 16.7. The maximum atomic E-state index is 13.2. The number of imide groups is 1. The molecule has 0 spiro atoms. The minimum absolute atomic E-state index is 0.0498. The van der Waals surface area contributed by atoms with E-state index >= 15 is 0 Å². The Labute approximate surface area is 182 Å². The fourth-order valence-electron chi connectivity index (χ4n) is 5.05. The van der Waals surface area contributed by atoms with Gasteiger partial charge in [0.05, 0.1) is 12.1 Å². The normalized spacial score (nSPS) is 25.4. The van der Waals surface area contributed by atoms with E-state index < -0.39 is 0 Å². The lowest BCUT2D eigenvalue weighted by molar-refractivity contribution is -1.02. The molecule has 2 N–H and O–H groups in total. The molecule has 3 aliphatic rings. The van der Waals surface area contributed by atoms with Crippen LogP contribution in [-0.2, 0) is 16.1 Å². The summed E-state index contributed by atoms with van der Waals surface area (Å²) in [5.74, 6) is 1.50. The summed E-state index contributed by atoms with van der Waals surface area (Å²) in [4.78, 5) is 30.1. The average Bonchev–Trinajstić information content (AvgIpc) is 3.33. The number of rotatable bonds is 4. The quantitative estimate of drug-likeness (QED) is 0.660. The molecule has 7 nitrogen and oxygen atoms in total. The number of nitrogens with zero attached hydrogens (tertiary/aromatic N) is 1. The number of quaternary nitrogens is 2. The molecule has 2 fully saturated rings. The van der Waals surface area contributed by atoms with Gasteiger partial charge in [-0.3, -0.25) is 9.59 Å². The van der Waals surface area contributed by atoms with Crippen LogP contribution >= 0.6 is 0 Å². The average molecular weight is 424 g/mol. The molecule has 5 rings (SSSR count). The summed E-state index contributed by atoms with van der Waals surface area (Å²) in [7, 11) is 0. The Hall–Kier alpha value is -2.90. The molecule has 7 heteroatoms. The zero-order chi connectivity index (χ0) is 21.5. The second-order valence-corrected chi connectivity index (χ2v) is 8.89. The van der Waals surface area contributed by atoms with Crippen molar-refractivity contribution in [2.24, 2.45) is 0 Å². The van der Waals surface area contributed by atoms with Gasteiger partial charge in [-0.1, -0.05) is 17.7 Å². The van der Waals surface area contributed by atoms with Crippen molar-refractivity contribution in [3.05, 3.63) is 53.1 Å². The van der Waals surface area contributed by atoms with Crippen molar-refractivity contribution < 1.29 is 28.9 Å². The van der Waals surface area contributed by atoms with Crippen molar-refractivity contribution in [2.75, 3.05) is 37.9 Å². The maximum absolute atomic E-state index is 13.2. The third-order valence-electron chi connectivity index (χ3n) is 6.72. The van der Waals surface area contributed by atoms with E-state index in [1.807, 2.05) is 38.1 Å². The van der Waals surface area contributed by atoms with Crippen molar-refractivity contribution in [3.63, 3.8) is 0 Å². The van der Waals surface area contributed by atoms with Crippen molar-refractivity contribution in [2.45, 2.75) is 32.9 Å². The summed E-state index contributed by atoms with van der Waals surface area (Å²) in [5, 5.41) is 0. The first-order valence-electron chi connectivity index (χ1n) is 11.0. The van der Waals surface area contributed by atoms with Crippen LogP contribution in [0.4, 0.5) is 5.69 Å². The summed E-state index contributed by atoms with van der Waals surface area (Å²) in [6.07, 6.45) is 0.305. The van der Waals surface area contributed by atoms with E-state index in [1.54, 1.807) is 0 Å². The van der Waals surface area contributed by atoms with Gasteiger partial charge in [0.2, 0.25) is 12.7 Å². The molecule has 162 valence electrons. The topological polar surface area (TPSA) is 64.7 Å². The molecule has 3 heterocycles. The van der Waals surface area contributed by atoms with Gasteiger partial charge in [0.1, 0.15) is 32.7 Å². The van der Waals surface area contributed by atoms with Gasteiger partial charge in [-0.15, -0.1) is 0 Å². The minimum atomic E-state index is -0.264. The lowest BCUT2D eigenvalue weighted by atomic mass is 10.1. The van der Waals surface area contributed by atoms with E-state index in [9.17, 15) is 9.59 Å². The maximum Gasteiger partial charge on any atom is 0.292 e. The Morgan fingerprint density at radius 1 is 0.968 bits per heavy atom. The van der Waals surface area contributed by atoms with Gasteiger partial charge >= 0.3 is 0 Å². The summed E-state index contributed by atoms with van der Waals surface area (Å²) < 4.78 is 10.9. The molecule has 2 amide bonds. The predicted octanol–water partition coefficient (Wildman–Crippen LogP) is -0.352. The van der Waals surface area contributed by atoms with Gasteiger partial charge < -0.3 is 19.3 Å². The van der Waals surface area contributed by atoms with Crippen molar-refractivity contribution in [3.8, 4) is 11.5 Å². The van der Waals surface area contributed by atoms with Crippen molar-refractivity contribution >= 4 is 17.5 Å². The molecule has 31 heavy (non-hydrogen) atoms. The molecule has 0 aliphatic carbocycles. The molecule has 2 aromatic carbocycles. The second-order valence-electron chi connectivity index (χ2n) is 8.89. The molecule has 0 unspecified atom stereocenters. The first-order chi connectivity index (χ1) is 15.0. The Morgan fingerprint density at radius 3 is 2.52 bits per heavy atom. The number of amides is 2. The fourth-order valence-corrected chi connectivity index (χ4v) is 5.05. The Kier molecular flexibility index (Phi) is 5.16. The zero-order valence-corrected chi connectivity index (χ0v) is 18.1. The number of hydrogen-bond acceptors (Lipinski definition) is 4. The molecule has 0 bridgehead atoms. The highest BCUT2D eigenvalue weighted by Gasteiger charge is 2.47. The van der Waals surface area contributed by atoms with E-state index in [0.29, 0.717) is 13.2 Å². The zero-order valence-electron chi connectivity index (χ0n) is 18.1. The van der Waals surface area contributed by atoms with Crippen LogP contribution in [0.25, 0.3) is 0 Å². The summed E-state index contributed by atoms with van der Waals surface area (Å²) in [5.41, 5.74) is 4.06. The molecule has 0 aromatic heterocycles. The highest BCUT2D eigenvalue weighted by molar-refractivity contribution is 6.22. The SMILES string of the molecule is Cc1ccc(N2C(=O)C[C@H]([NH+]3CC[NH+](Cc4ccc5c(c4)OCO5)CC3)C2=O)c(C)c1. The standard InChI is InChI=1S/C24H27N3O4/c1-16-3-5-19(17(2)11-16)27-23(28)13-20(24(27)29)26-9-7-25(8-10-26)14-18-4-6-21-22(12-18)31-15-30-21/h3-6,11-12,20H,7-10,13-15H2,1-2H3/p+2/t20-/m0/s1. The fraction of sp³-hybridized carbons (Fsp3) is 0.417. The number of fused-ring (bicyclic) bond motifs is 1. The van der Waals surface area contributed by atoms with Gasteiger partial charge in [-0.2, -0.15) is 0 Å². The van der Waals surface area contributed by atoms with Gasteiger partial charge in [0.15, 0.2) is 17.5 Å². The first-order valence-corrected chi connectivity index (χ1v) is 11.0. The summed E-state index contributed by atoms with van der Waals surface area (Å²) in [6, 6.07) is 11.8.